The third-order valence-corrected chi connectivity index (χ3v) is 5.45. The number of hydrogen-bond donors (Lipinski definition) is 1. The second-order valence-electron chi connectivity index (χ2n) is 8.41. The predicted molar refractivity (Wildman–Crippen MR) is 141 cm³/mol. The first-order valence-electron chi connectivity index (χ1n) is 11.8. The van der Waals surface area contributed by atoms with Crippen molar-refractivity contribution in [2.75, 3.05) is 11.9 Å². The van der Waals surface area contributed by atoms with Gasteiger partial charge in [0, 0.05) is 11.3 Å². The van der Waals surface area contributed by atoms with Crippen LogP contribution in [0.3, 0.4) is 0 Å². The van der Waals surface area contributed by atoms with Crippen LogP contribution in [0.5, 0.6) is 11.5 Å². The lowest BCUT2D eigenvalue weighted by Crippen LogP contribution is -2.14. The average molecular weight is 521 g/mol. The van der Waals surface area contributed by atoms with Crippen LogP contribution in [0.25, 0.3) is 6.08 Å². The van der Waals surface area contributed by atoms with Gasteiger partial charge in [0.15, 0.2) is 11.5 Å². The fourth-order valence-electron chi connectivity index (χ4n) is 3.63. The molecule has 0 heterocycles. The molecule has 196 valence electrons. The second-order valence-corrected chi connectivity index (χ2v) is 8.41. The molecule has 5 nitrogen and oxygen atoms in total. The van der Waals surface area contributed by atoms with Crippen molar-refractivity contribution in [3.05, 3.63) is 107 Å². The van der Waals surface area contributed by atoms with Crippen LogP contribution in [0.15, 0.2) is 78.9 Å². The van der Waals surface area contributed by atoms with Gasteiger partial charge >= 0.3 is 6.18 Å². The molecule has 0 fully saturated rings. The maximum absolute atomic E-state index is 13.0. The Morgan fingerprint density at radius 1 is 1.11 bits per heavy atom. The van der Waals surface area contributed by atoms with Gasteiger partial charge in [-0.05, 0) is 67.8 Å². The number of amides is 1. The Morgan fingerprint density at radius 2 is 1.84 bits per heavy atom. The minimum Gasteiger partial charge on any atom is -0.490 e. The summed E-state index contributed by atoms with van der Waals surface area (Å²) in [6, 6.07) is 17.4. The number of anilines is 1. The van der Waals surface area contributed by atoms with Gasteiger partial charge in [0.1, 0.15) is 18.2 Å². The quantitative estimate of drug-likeness (QED) is 0.173. The Labute approximate surface area is 219 Å². The molecule has 0 spiro atoms. The number of ether oxygens (including phenoxy) is 2. The zero-order valence-corrected chi connectivity index (χ0v) is 21.1. The molecular weight excluding hydrogens is 493 g/mol. The second kappa shape index (κ2) is 12.6. The van der Waals surface area contributed by atoms with Crippen molar-refractivity contribution < 1.29 is 27.4 Å². The number of nitrogens with one attached hydrogen (secondary N) is 1. The number of hydrogen-bond acceptors (Lipinski definition) is 4. The lowest BCUT2D eigenvalue weighted by Gasteiger charge is -2.17. The fourth-order valence-corrected chi connectivity index (χ4v) is 3.63. The molecule has 1 N–H and O–H groups in total. The van der Waals surface area contributed by atoms with Crippen LogP contribution >= 0.6 is 0 Å². The molecule has 38 heavy (non-hydrogen) atoms. The molecule has 3 aromatic carbocycles. The topological polar surface area (TPSA) is 71.4 Å². The van der Waals surface area contributed by atoms with Crippen molar-refractivity contribution in [2.24, 2.45) is 0 Å². The average Bonchev–Trinajstić information content (AvgIpc) is 2.87. The highest BCUT2D eigenvalue weighted by Gasteiger charge is 2.30. The summed E-state index contributed by atoms with van der Waals surface area (Å²) in [6.45, 7) is 8.28. The van der Waals surface area contributed by atoms with Gasteiger partial charge in [-0.15, -0.1) is 6.58 Å². The summed E-state index contributed by atoms with van der Waals surface area (Å²) >= 11 is 0. The minimum absolute atomic E-state index is 0.0758. The third kappa shape index (κ3) is 7.50. The number of carbonyl (C=O) groups excluding carboxylic acids is 1. The summed E-state index contributed by atoms with van der Waals surface area (Å²) in [7, 11) is 0. The predicted octanol–water partition coefficient (Wildman–Crippen LogP) is 7.27. The molecule has 1 amide bonds. The number of carbonyl (C=O) groups is 1. The van der Waals surface area contributed by atoms with E-state index in [1.165, 1.54) is 18.2 Å². The molecule has 0 saturated heterocycles. The van der Waals surface area contributed by atoms with E-state index in [-0.39, 0.29) is 11.3 Å². The van der Waals surface area contributed by atoms with Gasteiger partial charge in [0.25, 0.3) is 5.91 Å². The van der Waals surface area contributed by atoms with E-state index in [9.17, 15) is 23.2 Å². The van der Waals surface area contributed by atoms with Crippen LogP contribution in [0, 0.1) is 18.3 Å². The molecule has 0 unspecified atom stereocenters. The first-order chi connectivity index (χ1) is 18.1. The highest BCUT2D eigenvalue weighted by molar-refractivity contribution is 6.09. The van der Waals surface area contributed by atoms with Crippen molar-refractivity contribution in [1.29, 1.82) is 5.26 Å². The van der Waals surface area contributed by atoms with Gasteiger partial charge in [0.05, 0.1) is 12.2 Å². The van der Waals surface area contributed by atoms with E-state index in [4.69, 9.17) is 9.47 Å². The number of alkyl halides is 3. The van der Waals surface area contributed by atoms with Gasteiger partial charge in [-0.1, -0.05) is 42.0 Å². The van der Waals surface area contributed by atoms with Gasteiger partial charge in [-0.25, -0.2) is 0 Å². The minimum atomic E-state index is -4.56. The van der Waals surface area contributed by atoms with E-state index < -0.39 is 17.6 Å². The molecule has 3 aromatic rings. The summed E-state index contributed by atoms with van der Waals surface area (Å²) in [5.41, 5.74) is 2.07. The van der Waals surface area contributed by atoms with Gasteiger partial charge in [-0.3, -0.25) is 4.79 Å². The van der Waals surface area contributed by atoms with Gasteiger partial charge < -0.3 is 14.8 Å². The van der Waals surface area contributed by atoms with Crippen molar-refractivity contribution in [2.45, 2.75) is 33.1 Å². The zero-order chi connectivity index (χ0) is 27.7. The smallest absolute Gasteiger partial charge is 0.416 e. The van der Waals surface area contributed by atoms with Crippen molar-refractivity contribution in [3.63, 3.8) is 0 Å². The third-order valence-electron chi connectivity index (χ3n) is 5.45. The molecule has 0 bridgehead atoms. The highest BCUT2D eigenvalue weighted by Crippen LogP contribution is 2.35. The first kappa shape index (κ1) is 28.1. The number of rotatable bonds is 10. The molecule has 0 aliphatic rings. The number of nitriles is 1. The summed E-state index contributed by atoms with van der Waals surface area (Å²) < 4.78 is 51.0. The molecule has 0 aromatic heterocycles. The summed E-state index contributed by atoms with van der Waals surface area (Å²) in [6.07, 6.45) is -1.08. The van der Waals surface area contributed by atoms with E-state index in [0.717, 1.165) is 28.8 Å². The molecule has 0 atom stereocenters. The Morgan fingerprint density at radius 3 is 2.47 bits per heavy atom. The molecule has 0 aliphatic carbocycles. The van der Waals surface area contributed by atoms with Crippen LogP contribution in [0.2, 0.25) is 0 Å². The van der Waals surface area contributed by atoms with E-state index in [1.54, 1.807) is 18.2 Å². The van der Waals surface area contributed by atoms with Crippen LogP contribution in [-0.2, 0) is 24.0 Å². The lowest BCUT2D eigenvalue weighted by molar-refractivity contribution is -0.137. The van der Waals surface area contributed by atoms with E-state index in [2.05, 4.69) is 11.9 Å². The Hall–Kier alpha value is -4.51. The molecule has 0 radical (unpaired) electrons. The normalized spacial score (nSPS) is 11.4. The van der Waals surface area contributed by atoms with Crippen molar-refractivity contribution >= 4 is 17.7 Å². The molecule has 8 heteroatoms. The van der Waals surface area contributed by atoms with E-state index in [1.807, 2.05) is 44.2 Å². The number of halogens is 3. The van der Waals surface area contributed by atoms with E-state index >= 15 is 0 Å². The van der Waals surface area contributed by atoms with Crippen LogP contribution in [0.1, 0.15) is 34.7 Å². The van der Waals surface area contributed by atoms with Crippen molar-refractivity contribution in [3.8, 4) is 17.6 Å². The number of allylic oxidation sites excluding steroid dienone is 1. The maximum atomic E-state index is 13.0. The highest BCUT2D eigenvalue weighted by atomic mass is 19.4. The standard InChI is InChI=1S/C30H27F3N2O3/c1-4-7-23-14-22(16-27(37-5-2)28(23)38-19-21-12-10-20(3)11-13-21)15-24(18-34)29(36)35-26-9-6-8-25(17-26)30(31,32)33/h4,6,8-17H,1,5,7,19H2,2-3H3,(H,35,36)/b24-15+. The zero-order valence-electron chi connectivity index (χ0n) is 21.1. The fraction of sp³-hybridized carbons (Fsp3) is 0.200. The molecular formula is C30H27F3N2O3. The lowest BCUT2D eigenvalue weighted by atomic mass is 10.0. The Bertz CT molecular complexity index is 1370. The number of benzene rings is 3. The van der Waals surface area contributed by atoms with E-state index in [0.29, 0.717) is 36.7 Å². The first-order valence-corrected chi connectivity index (χ1v) is 11.8. The Balaban J connectivity index is 1.91. The van der Waals surface area contributed by atoms with Crippen molar-refractivity contribution in [1.82, 2.24) is 0 Å². The van der Waals surface area contributed by atoms with Crippen LogP contribution in [-0.4, -0.2) is 12.5 Å². The SMILES string of the molecule is C=CCc1cc(/C=C(\C#N)C(=O)Nc2cccc(C(F)(F)F)c2)cc(OCC)c1OCc1ccc(C)cc1. The molecule has 0 aliphatic heterocycles. The van der Waals surface area contributed by atoms with Gasteiger partial charge in [0.2, 0.25) is 0 Å². The maximum Gasteiger partial charge on any atom is 0.416 e. The van der Waals surface area contributed by atoms with Gasteiger partial charge in [-0.2, -0.15) is 18.4 Å². The molecule has 3 rings (SSSR count). The summed E-state index contributed by atoms with van der Waals surface area (Å²) in [5.74, 6) is 0.118. The molecule has 0 saturated carbocycles. The van der Waals surface area contributed by atoms with Crippen LogP contribution in [0.4, 0.5) is 18.9 Å². The number of nitrogens with zero attached hydrogens (tertiary/aromatic N) is 1. The largest absolute Gasteiger partial charge is 0.490 e. The summed E-state index contributed by atoms with van der Waals surface area (Å²) in [4.78, 5) is 12.7. The summed E-state index contributed by atoms with van der Waals surface area (Å²) in [5, 5.41) is 12.0. The Kier molecular flexibility index (Phi) is 9.33. The monoisotopic (exact) mass is 520 g/mol. The number of aryl methyl sites for hydroxylation is 1. The van der Waals surface area contributed by atoms with Crippen LogP contribution < -0.4 is 14.8 Å².